The van der Waals surface area contributed by atoms with Gasteiger partial charge in [-0.3, -0.25) is 0 Å². The van der Waals surface area contributed by atoms with Gasteiger partial charge in [-0.05, 0) is 17.5 Å². The second kappa shape index (κ2) is 6.62. The first-order chi connectivity index (χ1) is 10.7. The van der Waals surface area contributed by atoms with Gasteiger partial charge in [0.2, 0.25) is 0 Å². The van der Waals surface area contributed by atoms with E-state index in [1.54, 1.807) is 12.5 Å². The van der Waals surface area contributed by atoms with Crippen LogP contribution in [0.15, 0.2) is 43.0 Å². The molecule has 2 atom stereocenters. The zero-order valence-corrected chi connectivity index (χ0v) is 12.3. The molecule has 1 aromatic heterocycles. The van der Waals surface area contributed by atoms with E-state index in [9.17, 15) is 9.90 Å². The Morgan fingerprint density at radius 1 is 1.41 bits per heavy atom. The first-order valence-electron chi connectivity index (χ1n) is 7.50. The molecular formula is C16H20N4O2. The smallest absolute Gasteiger partial charge is 0.315 e. The van der Waals surface area contributed by atoms with E-state index in [0.29, 0.717) is 13.0 Å². The van der Waals surface area contributed by atoms with Crippen molar-refractivity contribution in [3.8, 4) is 0 Å². The maximum atomic E-state index is 12.0. The van der Waals surface area contributed by atoms with Crippen LogP contribution < -0.4 is 10.6 Å². The van der Waals surface area contributed by atoms with Crippen molar-refractivity contribution in [2.24, 2.45) is 0 Å². The summed E-state index contributed by atoms with van der Waals surface area (Å²) in [4.78, 5) is 15.9. The number of nitrogens with zero attached hydrogens (tertiary/aromatic N) is 2. The van der Waals surface area contributed by atoms with E-state index < -0.39 is 6.10 Å². The van der Waals surface area contributed by atoms with Crippen molar-refractivity contribution in [3.05, 3.63) is 54.1 Å². The van der Waals surface area contributed by atoms with Gasteiger partial charge in [0.05, 0.1) is 18.5 Å². The lowest BCUT2D eigenvalue weighted by atomic mass is 10.1. The Kier molecular flexibility index (Phi) is 4.39. The van der Waals surface area contributed by atoms with Crippen LogP contribution in [0.2, 0.25) is 0 Å². The molecule has 0 spiro atoms. The molecule has 1 aliphatic carbocycles. The third kappa shape index (κ3) is 3.28. The number of carbonyl (C=O) groups excluding carboxylic acids is 1. The zero-order chi connectivity index (χ0) is 15.4. The molecule has 116 valence electrons. The van der Waals surface area contributed by atoms with Gasteiger partial charge in [-0.2, -0.15) is 0 Å². The highest BCUT2D eigenvalue weighted by atomic mass is 16.3. The fourth-order valence-electron chi connectivity index (χ4n) is 2.82. The van der Waals surface area contributed by atoms with E-state index in [0.717, 1.165) is 24.1 Å². The molecule has 6 heteroatoms. The van der Waals surface area contributed by atoms with Gasteiger partial charge < -0.3 is 20.3 Å². The number of nitrogens with one attached hydrogen (secondary N) is 2. The zero-order valence-electron chi connectivity index (χ0n) is 12.3. The van der Waals surface area contributed by atoms with Crippen molar-refractivity contribution in [2.75, 3.05) is 6.54 Å². The first kappa shape index (κ1) is 14.6. The highest BCUT2D eigenvalue weighted by molar-refractivity contribution is 5.74. The van der Waals surface area contributed by atoms with Crippen LogP contribution in [-0.2, 0) is 13.0 Å². The summed E-state index contributed by atoms with van der Waals surface area (Å²) in [5, 5.41) is 15.8. The largest absolute Gasteiger partial charge is 0.390 e. The molecule has 0 radical (unpaired) electrons. The molecule has 0 unspecified atom stereocenters. The van der Waals surface area contributed by atoms with Crippen LogP contribution in [0.5, 0.6) is 0 Å². The summed E-state index contributed by atoms with van der Waals surface area (Å²) >= 11 is 0. The number of benzene rings is 1. The second-order valence-electron chi connectivity index (χ2n) is 5.50. The van der Waals surface area contributed by atoms with Crippen molar-refractivity contribution in [2.45, 2.75) is 31.5 Å². The lowest BCUT2D eigenvalue weighted by Gasteiger charge is -2.18. The summed E-state index contributed by atoms with van der Waals surface area (Å²) < 4.78 is 1.97. The Labute approximate surface area is 129 Å². The molecule has 0 saturated heterocycles. The number of amides is 2. The molecule has 0 saturated carbocycles. The fourth-order valence-corrected chi connectivity index (χ4v) is 2.82. The molecule has 1 aromatic carbocycles. The summed E-state index contributed by atoms with van der Waals surface area (Å²) in [7, 11) is 0. The maximum absolute atomic E-state index is 12.0. The molecule has 1 heterocycles. The van der Waals surface area contributed by atoms with Crippen LogP contribution in [-0.4, -0.2) is 33.3 Å². The normalized spacial score (nSPS) is 19.7. The van der Waals surface area contributed by atoms with E-state index >= 15 is 0 Å². The van der Waals surface area contributed by atoms with Crippen LogP contribution >= 0.6 is 0 Å². The third-order valence-corrected chi connectivity index (χ3v) is 3.93. The van der Waals surface area contributed by atoms with Gasteiger partial charge in [0.15, 0.2) is 0 Å². The highest BCUT2D eigenvalue weighted by Gasteiger charge is 2.31. The molecular weight excluding hydrogens is 280 g/mol. The Morgan fingerprint density at radius 2 is 2.27 bits per heavy atom. The minimum Gasteiger partial charge on any atom is -0.390 e. The number of aromatic nitrogens is 2. The van der Waals surface area contributed by atoms with Gasteiger partial charge in [0, 0.05) is 31.9 Å². The highest BCUT2D eigenvalue weighted by Crippen LogP contribution is 2.30. The summed E-state index contributed by atoms with van der Waals surface area (Å²) in [5.41, 5.74) is 2.10. The Bertz CT molecular complexity index is 627. The number of aryl methyl sites for hydroxylation is 1. The second-order valence-corrected chi connectivity index (χ2v) is 5.50. The number of carbonyl (C=O) groups is 1. The van der Waals surface area contributed by atoms with Gasteiger partial charge in [-0.25, -0.2) is 9.78 Å². The number of aliphatic hydroxyl groups excluding tert-OH is 1. The molecule has 3 N–H and O–H groups in total. The van der Waals surface area contributed by atoms with Crippen LogP contribution in [0.25, 0.3) is 0 Å². The van der Waals surface area contributed by atoms with E-state index in [1.165, 1.54) is 0 Å². The number of hydrogen-bond acceptors (Lipinski definition) is 3. The number of aliphatic hydroxyl groups is 1. The van der Waals surface area contributed by atoms with E-state index in [4.69, 9.17) is 0 Å². The minimum atomic E-state index is -0.561. The molecule has 2 aromatic rings. The van der Waals surface area contributed by atoms with Gasteiger partial charge in [0.25, 0.3) is 0 Å². The van der Waals surface area contributed by atoms with Crippen molar-refractivity contribution >= 4 is 6.03 Å². The van der Waals surface area contributed by atoms with Gasteiger partial charge in [-0.1, -0.05) is 24.3 Å². The molecule has 1 aliphatic rings. The lowest BCUT2D eigenvalue weighted by Crippen LogP contribution is -2.41. The van der Waals surface area contributed by atoms with Gasteiger partial charge >= 0.3 is 6.03 Å². The first-order valence-corrected chi connectivity index (χ1v) is 7.50. The van der Waals surface area contributed by atoms with Gasteiger partial charge in [0.1, 0.15) is 0 Å². The standard InChI is InChI=1S/C16H20N4O2/c21-14-10-12-4-1-2-5-13(12)15(14)19-16(22)18-6-3-8-20-9-7-17-11-20/h1-2,4-5,7,9,11,14-15,21H,3,6,8,10H2,(H2,18,19,22)/t14-,15+/m0/s1. The Hall–Kier alpha value is -2.34. The monoisotopic (exact) mass is 300 g/mol. The quantitative estimate of drug-likeness (QED) is 0.727. The summed E-state index contributed by atoms with van der Waals surface area (Å²) in [6.45, 7) is 1.39. The number of imidazole rings is 1. The number of hydrogen-bond donors (Lipinski definition) is 3. The molecule has 0 bridgehead atoms. The minimum absolute atomic E-state index is 0.244. The topological polar surface area (TPSA) is 79.2 Å². The van der Waals surface area contributed by atoms with Gasteiger partial charge in [-0.15, -0.1) is 0 Å². The van der Waals surface area contributed by atoms with E-state index in [2.05, 4.69) is 15.6 Å². The van der Waals surface area contributed by atoms with Crippen molar-refractivity contribution < 1.29 is 9.90 Å². The maximum Gasteiger partial charge on any atom is 0.315 e. The Morgan fingerprint density at radius 3 is 3.09 bits per heavy atom. The predicted molar refractivity (Wildman–Crippen MR) is 82.3 cm³/mol. The predicted octanol–water partition coefficient (Wildman–Crippen LogP) is 1.23. The molecule has 3 rings (SSSR count). The third-order valence-electron chi connectivity index (χ3n) is 3.93. The lowest BCUT2D eigenvalue weighted by molar-refractivity contribution is 0.142. The molecule has 0 aliphatic heterocycles. The van der Waals surface area contributed by atoms with E-state index in [-0.39, 0.29) is 12.1 Å². The molecule has 2 amide bonds. The Balaban J connectivity index is 1.46. The van der Waals surface area contributed by atoms with Crippen LogP contribution in [0.4, 0.5) is 4.79 Å². The number of rotatable bonds is 5. The van der Waals surface area contributed by atoms with Crippen LogP contribution in [0.3, 0.4) is 0 Å². The molecule has 6 nitrogen and oxygen atoms in total. The van der Waals surface area contributed by atoms with Crippen LogP contribution in [0.1, 0.15) is 23.6 Å². The number of urea groups is 1. The summed E-state index contributed by atoms with van der Waals surface area (Å²) in [6, 6.07) is 7.24. The fraction of sp³-hybridized carbons (Fsp3) is 0.375. The summed E-state index contributed by atoms with van der Waals surface area (Å²) in [5.74, 6) is 0. The van der Waals surface area contributed by atoms with E-state index in [1.807, 2.05) is 35.0 Å². The SMILES string of the molecule is O=C(NCCCn1ccnc1)N[C@@H]1c2ccccc2C[C@@H]1O. The van der Waals surface area contributed by atoms with Crippen molar-refractivity contribution in [1.29, 1.82) is 0 Å². The molecule has 0 fully saturated rings. The molecule has 22 heavy (non-hydrogen) atoms. The van der Waals surface area contributed by atoms with Crippen molar-refractivity contribution in [3.63, 3.8) is 0 Å². The number of fused-ring (bicyclic) bond motifs is 1. The summed E-state index contributed by atoms with van der Waals surface area (Å²) in [6.07, 6.45) is 6.24. The average Bonchev–Trinajstić information content (AvgIpc) is 3.13. The van der Waals surface area contributed by atoms with Crippen molar-refractivity contribution in [1.82, 2.24) is 20.2 Å². The average molecular weight is 300 g/mol. The van der Waals surface area contributed by atoms with Crippen LogP contribution in [0, 0.1) is 0 Å².